The number of carbonyl (C=O) groups is 5. The second-order valence-electron chi connectivity index (χ2n) is 15.1. The lowest BCUT2D eigenvalue weighted by molar-refractivity contribution is -0.141. The number of nitrogens with zero attached hydrogens (tertiary/aromatic N) is 2. The zero-order valence-corrected chi connectivity index (χ0v) is 30.6. The fraction of sp³-hybridized carbons (Fsp3) is 0.686. The van der Waals surface area contributed by atoms with Gasteiger partial charge < -0.3 is 25.0 Å². The quantitative estimate of drug-likeness (QED) is 0.393. The maximum atomic E-state index is 14.4. The lowest BCUT2D eigenvalue weighted by Crippen LogP contribution is -2.58. The molecule has 2 saturated heterocycles. The van der Waals surface area contributed by atoms with Crippen molar-refractivity contribution in [1.82, 2.24) is 25.2 Å². The second-order valence-corrected chi connectivity index (χ2v) is 17.0. The highest BCUT2D eigenvalue weighted by molar-refractivity contribution is 7.90. The molecule has 1 aliphatic carbocycles. The van der Waals surface area contributed by atoms with Gasteiger partial charge in [0.15, 0.2) is 0 Å². The van der Waals surface area contributed by atoms with Gasteiger partial charge >= 0.3 is 12.2 Å². The van der Waals surface area contributed by atoms with Gasteiger partial charge in [0, 0.05) is 18.5 Å². The van der Waals surface area contributed by atoms with E-state index in [0.29, 0.717) is 30.4 Å². The van der Waals surface area contributed by atoms with Crippen LogP contribution in [-0.4, -0.2) is 89.8 Å². The molecule has 0 aromatic heterocycles. The molecule has 1 saturated carbocycles. The van der Waals surface area contributed by atoms with Gasteiger partial charge in [-0.25, -0.2) is 22.4 Å². The SMILES string of the molecule is CCCS(=O)(=O)NC(=O)[C@@]12C[C@H]1CCCCCCC[C@H](NC(=O)OC(C)(C)C)C(=O)N1C[C@H](OC(=O)N3Cc4cccc(F)c4C3)C[C@H]1C(=O)N2. The predicted molar refractivity (Wildman–Crippen MR) is 183 cm³/mol. The van der Waals surface area contributed by atoms with Crippen molar-refractivity contribution in [3.8, 4) is 0 Å². The third-order valence-corrected chi connectivity index (χ3v) is 11.4. The van der Waals surface area contributed by atoms with Gasteiger partial charge in [0.05, 0.1) is 18.8 Å². The Morgan fingerprint density at radius 3 is 2.45 bits per heavy atom. The van der Waals surface area contributed by atoms with Crippen molar-refractivity contribution in [3.05, 3.63) is 35.1 Å². The predicted octanol–water partition coefficient (Wildman–Crippen LogP) is 3.62. The first kappa shape index (κ1) is 38.3. The molecule has 51 heavy (non-hydrogen) atoms. The number of hydrogen-bond donors (Lipinski definition) is 3. The lowest BCUT2D eigenvalue weighted by Gasteiger charge is -2.30. The molecular formula is C35H50FN5O9S. The third kappa shape index (κ3) is 9.29. The largest absolute Gasteiger partial charge is 0.444 e. The van der Waals surface area contributed by atoms with Crippen LogP contribution in [0.5, 0.6) is 0 Å². The van der Waals surface area contributed by atoms with Crippen molar-refractivity contribution in [3.63, 3.8) is 0 Å². The smallest absolute Gasteiger partial charge is 0.410 e. The number of amides is 5. The van der Waals surface area contributed by atoms with Crippen LogP contribution in [0.25, 0.3) is 0 Å². The molecule has 5 amide bonds. The highest BCUT2D eigenvalue weighted by atomic mass is 32.2. The van der Waals surface area contributed by atoms with Gasteiger partial charge in [0.2, 0.25) is 21.8 Å². The highest BCUT2D eigenvalue weighted by Crippen LogP contribution is 2.48. The molecule has 3 N–H and O–H groups in total. The number of nitrogens with one attached hydrogen (secondary N) is 3. The fourth-order valence-electron chi connectivity index (χ4n) is 7.30. The molecule has 0 spiro atoms. The van der Waals surface area contributed by atoms with E-state index in [9.17, 15) is 36.8 Å². The van der Waals surface area contributed by atoms with Crippen molar-refractivity contribution in [2.45, 2.75) is 134 Å². The Labute approximate surface area is 298 Å². The molecule has 5 atom stereocenters. The molecule has 4 aliphatic rings. The molecule has 0 bridgehead atoms. The van der Waals surface area contributed by atoms with E-state index in [-0.39, 0.29) is 50.6 Å². The summed E-state index contributed by atoms with van der Waals surface area (Å²) in [5, 5.41) is 5.49. The van der Waals surface area contributed by atoms with Crippen molar-refractivity contribution in [2.24, 2.45) is 5.92 Å². The molecule has 1 aromatic rings. The molecule has 3 aliphatic heterocycles. The van der Waals surface area contributed by atoms with Crippen LogP contribution >= 0.6 is 0 Å². The van der Waals surface area contributed by atoms with Gasteiger partial charge in [-0.05, 0) is 64.0 Å². The van der Waals surface area contributed by atoms with E-state index in [1.807, 2.05) is 0 Å². The molecule has 282 valence electrons. The fourth-order valence-corrected chi connectivity index (χ4v) is 8.40. The number of ether oxygens (including phenoxy) is 2. The third-order valence-electron chi connectivity index (χ3n) is 9.91. The van der Waals surface area contributed by atoms with Crippen LogP contribution in [0.4, 0.5) is 14.0 Å². The maximum Gasteiger partial charge on any atom is 0.410 e. The second kappa shape index (κ2) is 15.3. The maximum absolute atomic E-state index is 14.4. The number of benzene rings is 1. The first-order chi connectivity index (χ1) is 24.0. The minimum absolute atomic E-state index is 0.00195. The summed E-state index contributed by atoms with van der Waals surface area (Å²) in [6.45, 7) is 6.72. The van der Waals surface area contributed by atoms with Crippen LogP contribution in [0.3, 0.4) is 0 Å². The van der Waals surface area contributed by atoms with Gasteiger partial charge in [-0.1, -0.05) is 51.2 Å². The van der Waals surface area contributed by atoms with Gasteiger partial charge in [0.25, 0.3) is 5.91 Å². The number of alkyl carbamates (subject to hydrolysis) is 1. The molecular weight excluding hydrogens is 685 g/mol. The van der Waals surface area contributed by atoms with E-state index >= 15 is 0 Å². The monoisotopic (exact) mass is 735 g/mol. The Bertz CT molecular complexity index is 1630. The zero-order chi connectivity index (χ0) is 37.1. The van der Waals surface area contributed by atoms with Crippen LogP contribution in [0.1, 0.15) is 103 Å². The number of sulfonamides is 1. The molecule has 14 nitrogen and oxygen atoms in total. The number of fused-ring (bicyclic) bond motifs is 3. The minimum atomic E-state index is -3.94. The highest BCUT2D eigenvalue weighted by Gasteiger charge is 2.62. The number of rotatable bonds is 6. The van der Waals surface area contributed by atoms with Gasteiger partial charge in [0.1, 0.15) is 35.1 Å². The van der Waals surface area contributed by atoms with Gasteiger partial charge in [-0.15, -0.1) is 0 Å². The first-order valence-electron chi connectivity index (χ1n) is 17.9. The van der Waals surface area contributed by atoms with Crippen molar-refractivity contribution >= 4 is 39.9 Å². The average molecular weight is 736 g/mol. The zero-order valence-electron chi connectivity index (χ0n) is 29.8. The lowest BCUT2D eigenvalue weighted by atomic mass is 10.0. The Morgan fingerprint density at radius 2 is 1.76 bits per heavy atom. The average Bonchev–Trinajstić information content (AvgIpc) is 3.33. The molecule has 3 heterocycles. The van der Waals surface area contributed by atoms with E-state index in [1.165, 1.54) is 15.9 Å². The van der Waals surface area contributed by atoms with Crippen LogP contribution in [0.15, 0.2) is 18.2 Å². The minimum Gasteiger partial charge on any atom is -0.444 e. The summed E-state index contributed by atoms with van der Waals surface area (Å²) in [6.07, 6.45) is 2.60. The van der Waals surface area contributed by atoms with Gasteiger partial charge in [-0.3, -0.25) is 24.0 Å². The normalized spacial score (nSPS) is 27.2. The van der Waals surface area contributed by atoms with E-state index in [4.69, 9.17) is 9.47 Å². The molecule has 0 radical (unpaired) electrons. The Morgan fingerprint density at radius 1 is 1.06 bits per heavy atom. The summed E-state index contributed by atoms with van der Waals surface area (Å²) in [6, 6.07) is 2.33. The summed E-state index contributed by atoms with van der Waals surface area (Å²) in [5.74, 6) is -3.09. The summed E-state index contributed by atoms with van der Waals surface area (Å²) >= 11 is 0. The molecule has 5 rings (SSSR count). The summed E-state index contributed by atoms with van der Waals surface area (Å²) in [5.41, 5.74) is -1.27. The van der Waals surface area contributed by atoms with Crippen molar-refractivity contribution < 1.29 is 46.3 Å². The van der Waals surface area contributed by atoms with Crippen LogP contribution < -0.4 is 15.4 Å². The first-order valence-corrected chi connectivity index (χ1v) is 19.6. The number of halogens is 1. The van der Waals surface area contributed by atoms with E-state index in [1.54, 1.807) is 39.8 Å². The van der Waals surface area contributed by atoms with E-state index in [0.717, 1.165) is 25.7 Å². The van der Waals surface area contributed by atoms with E-state index < -0.39 is 75.1 Å². The molecule has 0 unspecified atom stereocenters. The Hall–Kier alpha value is -3.95. The Balaban J connectivity index is 1.40. The number of hydrogen-bond acceptors (Lipinski definition) is 9. The summed E-state index contributed by atoms with van der Waals surface area (Å²) < 4.78 is 53.0. The van der Waals surface area contributed by atoms with Crippen LogP contribution in [0.2, 0.25) is 0 Å². The van der Waals surface area contributed by atoms with Crippen molar-refractivity contribution in [1.29, 1.82) is 0 Å². The summed E-state index contributed by atoms with van der Waals surface area (Å²) in [4.78, 5) is 70.8. The van der Waals surface area contributed by atoms with Crippen LogP contribution in [-0.2, 0) is 47.0 Å². The molecule has 1 aromatic carbocycles. The summed E-state index contributed by atoms with van der Waals surface area (Å²) in [7, 11) is -3.94. The van der Waals surface area contributed by atoms with Crippen LogP contribution in [0, 0.1) is 11.7 Å². The Kier molecular flexibility index (Phi) is 11.5. The molecule has 3 fully saturated rings. The van der Waals surface area contributed by atoms with Crippen molar-refractivity contribution in [2.75, 3.05) is 12.3 Å². The van der Waals surface area contributed by atoms with E-state index in [2.05, 4.69) is 15.4 Å². The topological polar surface area (TPSA) is 181 Å². The standard InChI is InChI=1S/C35H50FN5O9S/c1-5-16-51(47,48)39-31(44)35-18-23(35)13-9-7-6-8-10-15-27(37-32(45)50-34(2,3)4)30(43)41-20-24(17-28(41)29(42)38-35)49-33(46)40-19-22-12-11-14-26(36)25(22)21-40/h11-12,14,23-24,27-28H,5-10,13,15-21H2,1-4H3,(H,37,45)(H,38,42)(H,39,44)/t23-,24-,27+,28+,35-/m1/s1. The molecule has 16 heteroatoms. The van der Waals surface area contributed by atoms with Gasteiger partial charge in [-0.2, -0.15) is 0 Å². The number of carbonyl (C=O) groups excluding carboxylic acids is 5.